The monoisotopic (exact) mass is 216 g/mol. The van der Waals surface area contributed by atoms with Crippen molar-refractivity contribution in [2.24, 2.45) is 5.92 Å². The van der Waals surface area contributed by atoms with Gasteiger partial charge in [-0.05, 0) is 43.7 Å². The Balaban J connectivity index is 1.92. The van der Waals surface area contributed by atoms with Crippen molar-refractivity contribution in [3.8, 4) is 0 Å². The number of anilines is 1. The van der Waals surface area contributed by atoms with Gasteiger partial charge in [0.05, 0.1) is 0 Å². The SMILES string of the molecule is Cc1cc(C=O)cnc1N1CC2CCC1C2. The molecule has 1 aliphatic heterocycles. The third kappa shape index (κ3) is 1.42. The van der Waals surface area contributed by atoms with E-state index in [2.05, 4.69) is 9.88 Å². The summed E-state index contributed by atoms with van der Waals surface area (Å²) in [5.74, 6) is 1.95. The first-order valence-electron chi connectivity index (χ1n) is 5.96. The minimum Gasteiger partial charge on any atom is -0.353 e. The first-order valence-corrected chi connectivity index (χ1v) is 5.96. The number of carbonyl (C=O) groups excluding carboxylic acids is 1. The molecule has 2 heterocycles. The molecule has 0 amide bonds. The van der Waals surface area contributed by atoms with Crippen LogP contribution in [0.2, 0.25) is 0 Å². The summed E-state index contributed by atoms with van der Waals surface area (Å²) >= 11 is 0. The van der Waals surface area contributed by atoms with Crippen LogP contribution >= 0.6 is 0 Å². The van der Waals surface area contributed by atoms with E-state index in [1.807, 2.05) is 13.0 Å². The molecule has 1 aliphatic carbocycles. The lowest BCUT2D eigenvalue weighted by Gasteiger charge is -2.29. The van der Waals surface area contributed by atoms with Crippen molar-refractivity contribution in [1.29, 1.82) is 0 Å². The molecule has 2 aliphatic rings. The number of aldehydes is 1. The van der Waals surface area contributed by atoms with Crippen LogP contribution in [0.15, 0.2) is 12.3 Å². The zero-order valence-corrected chi connectivity index (χ0v) is 9.52. The maximum atomic E-state index is 10.7. The van der Waals surface area contributed by atoms with E-state index in [9.17, 15) is 4.79 Å². The lowest BCUT2D eigenvalue weighted by Crippen LogP contribution is -2.33. The summed E-state index contributed by atoms with van der Waals surface area (Å²) in [7, 11) is 0. The smallest absolute Gasteiger partial charge is 0.151 e. The van der Waals surface area contributed by atoms with Crippen molar-refractivity contribution in [1.82, 2.24) is 4.98 Å². The summed E-state index contributed by atoms with van der Waals surface area (Å²) in [6.07, 6.45) is 6.56. The van der Waals surface area contributed by atoms with Crippen LogP contribution in [0, 0.1) is 12.8 Å². The first kappa shape index (κ1) is 9.82. The molecule has 0 N–H and O–H groups in total. The summed E-state index contributed by atoms with van der Waals surface area (Å²) in [6.45, 7) is 3.19. The minimum atomic E-state index is 0.672. The lowest BCUT2D eigenvalue weighted by atomic mass is 10.1. The Morgan fingerprint density at radius 2 is 2.38 bits per heavy atom. The highest BCUT2D eigenvalue weighted by Gasteiger charge is 2.38. The van der Waals surface area contributed by atoms with Crippen LogP contribution in [0.25, 0.3) is 0 Å². The maximum absolute atomic E-state index is 10.7. The largest absolute Gasteiger partial charge is 0.353 e. The summed E-state index contributed by atoms with van der Waals surface area (Å²) in [4.78, 5) is 17.5. The molecule has 2 unspecified atom stereocenters. The van der Waals surface area contributed by atoms with Gasteiger partial charge in [0.1, 0.15) is 5.82 Å². The Morgan fingerprint density at radius 3 is 2.94 bits per heavy atom. The number of aryl methyl sites for hydroxylation is 1. The van der Waals surface area contributed by atoms with Crippen LogP contribution in [-0.2, 0) is 0 Å². The van der Waals surface area contributed by atoms with Crippen LogP contribution in [0.5, 0.6) is 0 Å². The highest BCUT2D eigenvalue weighted by Crippen LogP contribution is 2.40. The Morgan fingerprint density at radius 1 is 1.50 bits per heavy atom. The number of aromatic nitrogens is 1. The molecule has 1 aromatic heterocycles. The fourth-order valence-corrected chi connectivity index (χ4v) is 3.14. The Labute approximate surface area is 95.5 Å². The van der Waals surface area contributed by atoms with Gasteiger partial charge in [0, 0.05) is 24.3 Å². The van der Waals surface area contributed by atoms with Crippen molar-refractivity contribution >= 4 is 12.1 Å². The van der Waals surface area contributed by atoms with Crippen LogP contribution < -0.4 is 4.90 Å². The Hall–Kier alpha value is -1.38. The molecular formula is C13H16N2O. The van der Waals surface area contributed by atoms with Gasteiger partial charge in [0.2, 0.25) is 0 Å². The normalized spacial score (nSPS) is 27.4. The van der Waals surface area contributed by atoms with Gasteiger partial charge in [-0.25, -0.2) is 4.98 Å². The van der Waals surface area contributed by atoms with Crippen molar-refractivity contribution in [3.63, 3.8) is 0 Å². The lowest BCUT2D eigenvalue weighted by molar-refractivity contribution is 0.112. The second kappa shape index (κ2) is 3.58. The fourth-order valence-electron chi connectivity index (χ4n) is 3.14. The Kier molecular flexibility index (Phi) is 2.20. The second-order valence-corrected chi connectivity index (χ2v) is 5.01. The van der Waals surface area contributed by atoms with Crippen LogP contribution in [0.3, 0.4) is 0 Å². The van der Waals surface area contributed by atoms with Crippen LogP contribution in [0.1, 0.15) is 35.2 Å². The molecule has 2 fully saturated rings. The summed E-state index contributed by atoms with van der Waals surface area (Å²) < 4.78 is 0. The van der Waals surface area contributed by atoms with E-state index in [-0.39, 0.29) is 0 Å². The average Bonchev–Trinajstić information content (AvgIpc) is 2.90. The number of rotatable bonds is 2. The first-order chi connectivity index (χ1) is 7.78. The van der Waals surface area contributed by atoms with E-state index < -0.39 is 0 Å². The zero-order valence-electron chi connectivity index (χ0n) is 9.52. The quantitative estimate of drug-likeness (QED) is 0.710. The molecule has 0 spiro atoms. The average molecular weight is 216 g/mol. The van der Waals surface area contributed by atoms with Crippen molar-refractivity contribution in [2.75, 3.05) is 11.4 Å². The number of piperidine rings is 1. The van der Waals surface area contributed by atoms with Gasteiger partial charge in [-0.3, -0.25) is 4.79 Å². The molecule has 1 aromatic rings. The van der Waals surface area contributed by atoms with Crippen molar-refractivity contribution < 1.29 is 4.79 Å². The molecule has 2 atom stereocenters. The molecule has 3 nitrogen and oxygen atoms in total. The number of fused-ring (bicyclic) bond motifs is 2. The fraction of sp³-hybridized carbons (Fsp3) is 0.538. The van der Waals surface area contributed by atoms with Gasteiger partial charge in [-0.15, -0.1) is 0 Å². The molecule has 3 rings (SSSR count). The molecular weight excluding hydrogens is 200 g/mol. The second-order valence-electron chi connectivity index (χ2n) is 5.01. The standard InChI is InChI=1S/C13H16N2O/c1-9-4-11(8-16)6-14-13(9)15-7-10-2-3-12(15)5-10/h4,6,8,10,12H,2-3,5,7H2,1H3. The third-order valence-corrected chi connectivity index (χ3v) is 3.89. The van der Waals surface area contributed by atoms with Gasteiger partial charge in [0.25, 0.3) is 0 Å². The molecule has 1 saturated heterocycles. The molecule has 0 radical (unpaired) electrons. The van der Waals surface area contributed by atoms with E-state index in [1.165, 1.54) is 19.3 Å². The predicted octanol–water partition coefficient (Wildman–Crippen LogP) is 2.19. The topological polar surface area (TPSA) is 33.2 Å². The van der Waals surface area contributed by atoms with E-state index in [4.69, 9.17) is 0 Å². The predicted molar refractivity (Wildman–Crippen MR) is 62.8 cm³/mol. The maximum Gasteiger partial charge on any atom is 0.151 e. The minimum absolute atomic E-state index is 0.672. The van der Waals surface area contributed by atoms with Gasteiger partial charge in [-0.2, -0.15) is 0 Å². The third-order valence-electron chi connectivity index (χ3n) is 3.89. The molecule has 16 heavy (non-hydrogen) atoms. The van der Waals surface area contributed by atoms with E-state index in [0.29, 0.717) is 11.6 Å². The van der Waals surface area contributed by atoms with Crippen LogP contribution in [-0.4, -0.2) is 23.9 Å². The number of nitrogens with zero attached hydrogens (tertiary/aromatic N) is 2. The molecule has 2 bridgehead atoms. The van der Waals surface area contributed by atoms with E-state index in [1.54, 1.807) is 6.20 Å². The number of hydrogen-bond donors (Lipinski definition) is 0. The molecule has 3 heteroatoms. The number of hydrogen-bond acceptors (Lipinski definition) is 3. The zero-order chi connectivity index (χ0) is 11.1. The molecule has 84 valence electrons. The van der Waals surface area contributed by atoms with Gasteiger partial charge in [-0.1, -0.05) is 0 Å². The number of pyridine rings is 1. The highest BCUT2D eigenvalue weighted by molar-refractivity contribution is 5.75. The van der Waals surface area contributed by atoms with Gasteiger partial charge in [0.15, 0.2) is 6.29 Å². The number of carbonyl (C=O) groups is 1. The van der Waals surface area contributed by atoms with E-state index >= 15 is 0 Å². The van der Waals surface area contributed by atoms with Crippen molar-refractivity contribution in [2.45, 2.75) is 32.2 Å². The molecule has 1 saturated carbocycles. The molecule has 0 aromatic carbocycles. The Bertz CT molecular complexity index is 430. The van der Waals surface area contributed by atoms with Gasteiger partial charge < -0.3 is 4.90 Å². The summed E-state index contributed by atoms with van der Waals surface area (Å²) in [5, 5.41) is 0. The highest BCUT2D eigenvalue weighted by atomic mass is 16.1. The summed E-state index contributed by atoms with van der Waals surface area (Å²) in [5.41, 5.74) is 1.79. The van der Waals surface area contributed by atoms with Crippen LogP contribution in [0.4, 0.5) is 5.82 Å². The summed E-state index contributed by atoms with van der Waals surface area (Å²) in [6, 6.07) is 2.62. The van der Waals surface area contributed by atoms with E-state index in [0.717, 1.165) is 30.1 Å². The van der Waals surface area contributed by atoms with Gasteiger partial charge >= 0.3 is 0 Å². The van der Waals surface area contributed by atoms with Crippen molar-refractivity contribution in [3.05, 3.63) is 23.4 Å².